The molecule has 0 spiro atoms. The number of hydrogen-bond acceptors (Lipinski definition) is 5. The third-order valence-corrected chi connectivity index (χ3v) is 4.82. The number of carboxylic acid groups (broad SMARTS) is 1. The van der Waals surface area contributed by atoms with Crippen molar-refractivity contribution in [3.8, 4) is 28.5 Å². The lowest BCUT2D eigenvalue weighted by Crippen LogP contribution is -2.02. The number of pyridine rings is 1. The first kappa shape index (κ1) is 19.9. The number of ether oxygens (including phenoxy) is 3. The summed E-state index contributed by atoms with van der Waals surface area (Å²) in [5.41, 5.74) is 1.83. The Morgan fingerprint density at radius 3 is 2.54 bits per heavy atom. The quantitative estimate of drug-likeness (QED) is 0.540. The highest BCUT2D eigenvalue weighted by Gasteiger charge is 2.18. The highest BCUT2D eigenvalue weighted by molar-refractivity contribution is 9.10. The molecule has 1 aromatic heterocycles. The van der Waals surface area contributed by atoms with Gasteiger partial charge in [-0.1, -0.05) is 19.1 Å². The summed E-state index contributed by atoms with van der Waals surface area (Å²) in [6.07, 6.45) is 0.866. The molecule has 0 unspecified atom stereocenters. The van der Waals surface area contributed by atoms with Crippen molar-refractivity contribution < 1.29 is 24.1 Å². The van der Waals surface area contributed by atoms with Crippen molar-refractivity contribution in [3.63, 3.8) is 0 Å². The molecular weight excluding hydrogens is 426 g/mol. The van der Waals surface area contributed by atoms with E-state index in [1.54, 1.807) is 37.4 Å². The summed E-state index contributed by atoms with van der Waals surface area (Å²) < 4.78 is 17.3. The number of methoxy groups -OCH3 is 2. The first-order valence-electron chi connectivity index (χ1n) is 8.71. The number of carbonyl (C=O) groups is 1. The Morgan fingerprint density at radius 1 is 1.14 bits per heavy atom. The van der Waals surface area contributed by atoms with Gasteiger partial charge in [0.05, 0.1) is 36.6 Å². The van der Waals surface area contributed by atoms with Crippen LogP contribution in [0.3, 0.4) is 0 Å². The molecule has 3 aromatic rings. The highest BCUT2D eigenvalue weighted by Crippen LogP contribution is 2.40. The maximum atomic E-state index is 11.8. The van der Waals surface area contributed by atoms with E-state index in [9.17, 15) is 9.90 Å². The molecule has 0 atom stereocenters. The van der Waals surface area contributed by atoms with Crippen molar-refractivity contribution in [1.29, 1.82) is 0 Å². The van der Waals surface area contributed by atoms with Crippen LogP contribution < -0.4 is 14.2 Å². The summed E-state index contributed by atoms with van der Waals surface area (Å²) in [6.45, 7) is 2.58. The number of benzene rings is 2. The number of carboxylic acids is 1. The molecule has 0 saturated carbocycles. The van der Waals surface area contributed by atoms with Crippen molar-refractivity contribution in [3.05, 3.63) is 46.4 Å². The molecule has 28 heavy (non-hydrogen) atoms. The average Bonchev–Trinajstić information content (AvgIpc) is 2.70. The van der Waals surface area contributed by atoms with E-state index in [2.05, 4.69) is 20.9 Å². The lowest BCUT2D eigenvalue weighted by Gasteiger charge is -2.15. The zero-order valence-electron chi connectivity index (χ0n) is 15.8. The molecule has 6 nitrogen and oxygen atoms in total. The fourth-order valence-electron chi connectivity index (χ4n) is 2.92. The lowest BCUT2D eigenvalue weighted by molar-refractivity contribution is 0.0699. The largest absolute Gasteiger partial charge is 0.494 e. The molecule has 146 valence electrons. The summed E-state index contributed by atoms with van der Waals surface area (Å²) in [7, 11) is 3.09. The molecule has 0 saturated heterocycles. The van der Waals surface area contributed by atoms with Gasteiger partial charge in [-0.15, -0.1) is 0 Å². The van der Waals surface area contributed by atoms with Gasteiger partial charge < -0.3 is 19.3 Å². The molecule has 0 amide bonds. The van der Waals surface area contributed by atoms with E-state index >= 15 is 0 Å². The molecule has 0 bridgehead atoms. The van der Waals surface area contributed by atoms with Gasteiger partial charge in [0.25, 0.3) is 0 Å². The molecule has 2 aromatic carbocycles. The van der Waals surface area contributed by atoms with Gasteiger partial charge in [0, 0.05) is 10.9 Å². The minimum atomic E-state index is -1.03. The fourth-order valence-corrected chi connectivity index (χ4v) is 3.48. The number of rotatable bonds is 7. The summed E-state index contributed by atoms with van der Waals surface area (Å²) in [5, 5.41) is 10.2. The monoisotopic (exact) mass is 445 g/mol. The van der Waals surface area contributed by atoms with Gasteiger partial charge in [0.2, 0.25) is 0 Å². The van der Waals surface area contributed by atoms with Crippen molar-refractivity contribution in [2.24, 2.45) is 0 Å². The standard InChI is InChI=1S/C21H20BrNO5/c1-4-8-28-20-15(22)9-12(10-18(20)27-3)16-11-14(21(24)25)13-6-5-7-17(26-2)19(13)23-16/h5-7,9-11H,4,8H2,1-3H3,(H,24,25). The first-order valence-corrected chi connectivity index (χ1v) is 9.51. The van der Waals surface area contributed by atoms with Crippen LogP contribution in [-0.2, 0) is 0 Å². The third-order valence-electron chi connectivity index (χ3n) is 4.23. The van der Waals surface area contributed by atoms with E-state index < -0.39 is 5.97 Å². The number of aromatic carboxylic acids is 1. The molecule has 1 N–H and O–H groups in total. The molecular formula is C21H20BrNO5. The summed E-state index contributed by atoms with van der Waals surface area (Å²) in [5.74, 6) is 0.619. The predicted molar refractivity (Wildman–Crippen MR) is 111 cm³/mol. The van der Waals surface area contributed by atoms with Crippen LogP contribution in [0.15, 0.2) is 40.9 Å². The third kappa shape index (κ3) is 3.75. The second-order valence-corrected chi connectivity index (χ2v) is 6.91. The van der Waals surface area contributed by atoms with Gasteiger partial charge in [-0.3, -0.25) is 0 Å². The van der Waals surface area contributed by atoms with Crippen LogP contribution in [0, 0.1) is 0 Å². The maximum Gasteiger partial charge on any atom is 0.336 e. The van der Waals surface area contributed by atoms with Crippen molar-refractivity contribution in [2.75, 3.05) is 20.8 Å². The minimum absolute atomic E-state index is 0.153. The zero-order chi connectivity index (χ0) is 20.3. The van der Waals surface area contributed by atoms with Crippen molar-refractivity contribution >= 4 is 32.8 Å². The van der Waals surface area contributed by atoms with Gasteiger partial charge in [-0.05, 0) is 46.6 Å². The van der Waals surface area contributed by atoms with E-state index in [1.165, 1.54) is 7.11 Å². The smallest absolute Gasteiger partial charge is 0.336 e. The Balaban J connectivity index is 2.23. The second kappa shape index (κ2) is 8.48. The summed E-state index contributed by atoms with van der Waals surface area (Å²) in [6, 6.07) is 10.4. The molecule has 0 aliphatic heterocycles. The number of nitrogens with zero attached hydrogens (tertiary/aromatic N) is 1. The Morgan fingerprint density at radius 2 is 1.89 bits per heavy atom. The summed E-state index contributed by atoms with van der Waals surface area (Å²) >= 11 is 3.52. The Bertz CT molecular complexity index is 1030. The van der Waals surface area contributed by atoms with Crippen LogP contribution in [0.5, 0.6) is 17.2 Å². The van der Waals surface area contributed by atoms with E-state index in [4.69, 9.17) is 14.2 Å². The number of para-hydroxylation sites is 1. The number of halogens is 1. The van der Waals surface area contributed by atoms with Gasteiger partial charge in [-0.2, -0.15) is 0 Å². The van der Waals surface area contributed by atoms with Gasteiger partial charge in [0.15, 0.2) is 11.5 Å². The van der Waals surface area contributed by atoms with Crippen molar-refractivity contribution in [2.45, 2.75) is 13.3 Å². The number of hydrogen-bond donors (Lipinski definition) is 1. The normalized spacial score (nSPS) is 10.7. The van der Waals surface area contributed by atoms with Crippen LogP contribution >= 0.6 is 15.9 Å². The topological polar surface area (TPSA) is 77.9 Å². The molecule has 1 heterocycles. The van der Waals surface area contributed by atoms with Gasteiger partial charge >= 0.3 is 5.97 Å². The second-order valence-electron chi connectivity index (χ2n) is 6.05. The highest BCUT2D eigenvalue weighted by atomic mass is 79.9. The average molecular weight is 446 g/mol. The van der Waals surface area contributed by atoms with E-state index in [0.717, 1.165) is 6.42 Å². The van der Waals surface area contributed by atoms with E-state index in [-0.39, 0.29) is 5.56 Å². The first-order chi connectivity index (χ1) is 13.5. The van der Waals surface area contributed by atoms with Crippen molar-refractivity contribution in [1.82, 2.24) is 4.98 Å². The lowest BCUT2D eigenvalue weighted by atomic mass is 10.0. The molecule has 0 fully saturated rings. The SMILES string of the molecule is CCCOc1c(Br)cc(-c2cc(C(=O)O)c3cccc(OC)c3n2)cc1OC. The van der Waals surface area contributed by atoms with E-state index in [0.29, 0.717) is 50.5 Å². The Labute approximate surface area is 171 Å². The van der Waals surface area contributed by atoms with Crippen LogP contribution in [0.4, 0.5) is 0 Å². The molecule has 0 radical (unpaired) electrons. The van der Waals surface area contributed by atoms with Gasteiger partial charge in [0.1, 0.15) is 11.3 Å². The van der Waals surface area contributed by atoms with Crippen LogP contribution in [-0.4, -0.2) is 36.9 Å². The fraction of sp³-hybridized carbons (Fsp3) is 0.238. The Hall–Kier alpha value is -2.80. The van der Waals surface area contributed by atoms with Crippen LogP contribution in [0.2, 0.25) is 0 Å². The number of aromatic nitrogens is 1. The summed E-state index contributed by atoms with van der Waals surface area (Å²) in [4.78, 5) is 16.5. The zero-order valence-corrected chi connectivity index (χ0v) is 17.4. The molecule has 0 aliphatic rings. The van der Waals surface area contributed by atoms with Crippen LogP contribution in [0.25, 0.3) is 22.2 Å². The van der Waals surface area contributed by atoms with Crippen LogP contribution in [0.1, 0.15) is 23.7 Å². The molecule has 0 aliphatic carbocycles. The van der Waals surface area contributed by atoms with Gasteiger partial charge in [-0.25, -0.2) is 9.78 Å². The minimum Gasteiger partial charge on any atom is -0.494 e. The number of fused-ring (bicyclic) bond motifs is 1. The van der Waals surface area contributed by atoms with E-state index in [1.807, 2.05) is 13.0 Å². The molecule has 3 rings (SSSR count). The predicted octanol–water partition coefficient (Wildman–Crippen LogP) is 5.17. The molecule has 7 heteroatoms. The Kier molecular flexibility index (Phi) is 6.04. The maximum absolute atomic E-state index is 11.8.